The van der Waals surface area contributed by atoms with Crippen LogP contribution in [0.3, 0.4) is 0 Å². The zero-order valence-corrected chi connectivity index (χ0v) is 11.8. The number of carbonyl (C=O) groups excluding carboxylic acids is 1. The monoisotopic (exact) mass is 256 g/mol. The van der Waals surface area contributed by atoms with Gasteiger partial charge in [-0.05, 0) is 34.9 Å². The molecule has 0 saturated heterocycles. The Bertz CT molecular complexity index is 587. The van der Waals surface area contributed by atoms with Crippen molar-refractivity contribution in [2.75, 3.05) is 7.11 Å². The van der Waals surface area contributed by atoms with Crippen molar-refractivity contribution in [3.63, 3.8) is 0 Å². The fraction of sp³-hybridized carbons (Fsp3) is 0.353. The Kier molecular flexibility index (Phi) is 4.20. The van der Waals surface area contributed by atoms with Gasteiger partial charge in [0.25, 0.3) is 0 Å². The highest BCUT2D eigenvalue weighted by Crippen LogP contribution is 2.23. The highest BCUT2D eigenvalue weighted by atomic mass is 16.5. The Morgan fingerprint density at radius 1 is 1.16 bits per heavy atom. The van der Waals surface area contributed by atoms with Crippen molar-refractivity contribution in [1.29, 1.82) is 0 Å². The van der Waals surface area contributed by atoms with Gasteiger partial charge in [0.1, 0.15) is 11.5 Å². The lowest BCUT2D eigenvalue weighted by molar-refractivity contribution is -0.122. The van der Waals surface area contributed by atoms with Gasteiger partial charge in [-0.1, -0.05) is 38.1 Å². The number of methoxy groups -OCH3 is 1. The molecule has 2 nitrogen and oxygen atoms in total. The highest BCUT2D eigenvalue weighted by molar-refractivity contribution is 5.85. The summed E-state index contributed by atoms with van der Waals surface area (Å²) >= 11 is 0. The van der Waals surface area contributed by atoms with Crippen LogP contribution in [0.2, 0.25) is 0 Å². The molecule has 0 fully saturated rings. The number of ether oxygens (including phenoxy) is 1. The van der Waals surface area contributed by atoms with Crippen molar-refractivity contribution in [2.24, 2.45) is 5.92 Å². The standard InChI is InChI=1S/C17H20O2/c1-4-17(18)12(2)9-13-5-6-15-11-16(19-3)8-7-14(15)10-13/h5-8,10-12H,4,9H2,1-3H3/t12-/m0/s1. The van der Waals surface area contributed by atoms with Gasteiger partial charge in [-0.15, -0.1) is 0 Å². The van der Waals surface area contributed by atoms with E-state index in [1.165, 1.54) is 10.9 Å². The smallest absolute Gasteiger partial charge is 0.135 e. The molecule has 0 bridgehead atoms. The highest BCUT2D eigenvalue weighted by Gasteiger charge is 2.11. The van der Waals surface area contributed by atoms with Crippen LogP contribution in [0.5, 0.6) is 5.75 Å². The summed E-state index contributed by atoms with van der Waals surface area (Å²) in [5.74, 6) is 1.30. The number of fused-ring (bicyclic) bond motifs is 1. The van der Waals surface area contributed by atoms with Crippen LogP contribution in [0.25, 0.3) is 10.8 Å². The Labute approximate surface area is 114 Å². The van der Waals surface area contributed by atoms with E-state index in [1.54, 1.807) is 7.11 Å². The summed E-state index contributed by atoms with van der Waals surface area (Å²) in [6, 6.07) is 12.4. The van der Waals surface area contributed by atoms with E-state index in [0.29, 0.717) is 12.2 Å². The fourth-order valence-corrected chi connectivity index (χ4v) is 2.34. The number of Topliss-reactive ketones (excluding diaryl/α,β-unsaturated/α-hetero) is 1. The quantitative estimate of drug-likeness (QED) is 0.808. The second kappa shape index (κ2) is 5.87. The molecule has 0 radical (unpaired) electrons. The number of hydrogen-bond acceptors (Lipinski definition) is 2. The molecule has 2 aromatic carbocycles. The van der Waals surface area contributed by atoms with Crippen LogP contribution in [-0.4, -0.2) is 12.9 Å². The maximum absolute atomic E-state index is 11.6. The maximum atomic E-state index is 11.6. The lowest BCUT2D eigenvalue weighted by Crippen LogP contribution is -2.12. The molecule has 0 aliphatic rings. The minimum Gasteiger partial charge on any atom is -0.497 e. The average Bonchev–Trinajstić information content (AvgIpc) is 2.45. The van der Waals surface area contributed by atoms with Crippen molar-refractivity contribution in [3.8, 4) is 5.75 Å². The molecular formula is C17H20O2. The molecule has 2 aromatic rings. The molecule has 0 amide bonds. The zero-order chi connectivity index (χ0) is 13.8. The lowest BCUT2D eigenvalue weighted by atomic mass is 9.94. The molecule has 2 rings (SSSR count). The molecule has 0 saturated carbocycles. The topological polar surface area (TPSA) is 26.3 Å². The van der Waals surface area contributed by atoms with Crippen molar-refractivity contribution < 1.29 is 9.53 Å². The van der Waals surface area contributed by atoms with Gasteiger partial charge in [0.05, 0.1) is 7.11 Å². The first-order valence-electron chi connectivity index (χ1n) is 6.73. The van der Waals surface area contributed by atoms with E-state index >= 15 is 0 Å². The van der Waals surface area contributed by atoms with Crippen LogP contribution in [-0.2, 0) is 11.2 Å². The van der Waals surface area contributed by atoms with Crippen LogP contribution in [0, 0.1) is 5.92 Å². The molecule has 0 N–H and O–H groups in total. The Morgan fingerprint density at radius 2 is 1.84 bits per heavy atom. The van der Waals surface area contributed by atoms with Gasteiger partial charge in [0.2, 0.25) is 0 Å². The first-order chi connectivity index (χ1) is 9.13. The number of carbonyl (C=O) groups is 1. The second-order valence-electron chi connectivity index (χ2n) is 4.97. The van der Waals surface area contributed by atoms with Crippen LogP contribution < -0.4 is 4.74 Å². The van der Waals surface area contributed by atoms with Gasteiger partial charge in [0, 0.05) is 12.3 Å². The molecule has 0 unspecified atom stereocenters. The van der Waals surface area contributed by atoms with Crippen LogP contribution >= 0.6 is 0 Å². The predicted molar refractivity (Wildman–Crippen MR) is 78.7 cm³/mol. The SMILES string of the molecule is CCC(=O)[C@@H](C)Cc1ccc2cc(OC)ccc2c1. The summed E-state index contributed by atoms with van der Waals surface area (Å²) in [6.07, 6.45) is 1.43. The Morgan fingerprint density at radius 3 is 2.53 bits per heavy atom. The number of ketones is 1. The van der Waals surface area contributed by atoms with Crippen molar-refractivity contribution in [2.45, 2.75) is 26.7 Å². The van der Waals surface area contributed by atoms with E-state index in [9.17, 15) is 4.79 Å². The third-order valence-corrected chi connectivity index (χ3v) is 3.55. The van der Waals surface area contributed by atoms with Crippen molar-refractivity contribution in [1.82, 2.24) is 0 Å². The van der Waals surface area contributed by atoms with Gasteiger partial charge in [-0.25, -0.2) is 0 Å². The van der Waals surface area contributed by atoms with Crippen molar-refractivity contribution in [3.05, 3.63) is 42.0 Å². The molecule has 2 heteroatoms. The molecule has 0 heterocycles. The lowest BCUT2D eigenvalue weighted by Gasteiger charge is -2.10. The minimum absolute atomic E-state index is 0.0979. The second-order valence-corrected chi connectivity index (χ2v) is 4.97. The van der Waals surface area contributed by atoms with Gasteiger partial charge < -0.3 is 4.74 Å². The predicted octanol–water partition coefficient (Wildman–Crippen LogP) is 4.01. The summed E-state index contributed by atoms with van der Waals surface area (Å²) in [6.45, 7) is 3.93. The van der Waals surface area contributed by atoms with E-state index in [2.05, 4.69) is 24.3 Å². The third kappa shape index (κ3) is 3.14. The molecule has 0 aliphatic heterocycles. The summed E-state index contributed by atoms with van der Waals surface area (Å²) < 4.78 is 5.22. The fourth-order valence-electron chi connectivity index (χ4n) is 2.34. The van der Waals surface area contributed by atoms with E-state index in [0.717, 1.165) is 17.6 Å². The van der Waals surface area contributed by atoms with Gasteiger partial charge >= 0.3 is 0 Å². The first kappa shape index (κ1) is 13.6. The van der Waals surface area contributed by atoms with Crippen LogP contribution in [0.1, 0.15) is 25.8 Å². The summed E-state index contributed by atoms with van der Waals surface area (Å²) in [7, 11) is 1.67. The van der Waals surface area contributed by atoms with E-state index in [-0.39, 0.29) is 5.92 Å². The molecule has 0 spiro atoms. The molecule has 0 aromatic heterocycles. The molecule has 0 aliphatic carbocycles. The van der Waals surface area contributed by atoms with E-state index < -0.39 is 0 Å². The van der Waals surface area contributed by atoms with E-state index in [4.69, 9.17) is 4.74 Å². The number of rotatable bonds is 5. The van der Waals surface area contributed by atoms with Gasteiger partial charge in [-0.3, -0.25) is 4.79 Å². The molecule has 19 heavy (non-hydrogen) atoms. The van der Waals surface area contributed by atoms with E-state index in [1.807, 2.05) is 26.0 Å². The minimum atomic E-state index is 0.0979. The third-order valence-electron chi connectivity index (χ3n) is 3.55. The van der Waals surface area contributed by atoms with Crippen LogP contribution in [0.15, 0.2) is 36.4 Å². The summed E-state index contributed by atoms with van der Waals surface area (Å²) in [4.78, 5) is 11.6. The molecular weight excluding hydrogens is 236 g/mol. The summed E-state index contributed by atoms with van der Waals surface area (Å²) in [5.41, 5.74) is 1.21. The molecule has 1 atom stereocenters. The summed E-state index contributed by atoms with van der Waals surface area (Å²) in [5, 5.41) is 2.35. The number of hydrogen-bond donors (Lipinski definition) is 0. The van der Waals surface area contributed by atoms with Crippen molar-refractivity contribution >= 4 is 16.6 Å². The number of benzene rings is 2. The molecule has 100 valence electrons. The van der Waals surface area contributed by atoms with Gasteiger partial charge in [-0.2, -0.15) is 0 Å². The largest absolute Gasteiger partial charge is 0.497 e. The Hall–Kier alpha value is -1.83. The first-order valence-corrected chi connectivity index (χ1v) is 6.73. The average molecular weight is 256 g/mol. The Balaban J connectivity index is 2.24. The maximum Gasteiger partial charge on any atom is 0.135 e. The van der Waals surface area contributed by atoms with Gasteiger partial charge in [0.15, 0.2) is 0 Å². The normalized spacial score (nSPS) is 12.4. The van der Waals surface area contributed by atoms with Crippen LogP contribution in [0.4, 0.5) is 0 Å². The zero-order valence-electron chi connectivity index (χ0n) is 11.8.